The number of aliphatic hydroxyl groups excluding tert-OH is 8. The molecule has 2 rings (SSSR count). The molecule has 0 saturated carbocycles. The summed E-state index contributed by atoms with van der Waals surface area (Å²) in [7, 11) is 0. The first-order valence-electron chi connectivity index (χ1n) is 37.1. The third-order valence-corrected chi connectivity index (χ3v) is 18.4. The number of hydrogen-bond acceptors (Lipinski definition) is 13. The van der Waals surface area contributed by atoms with Crippen LogP contribution in [0.5, 0.6) is 0 Å². The zero-order valence-corrected chi connectivity index (χ0v) is 56.0. The van der Waals surface area contributed by atoms with E-state index >= 15 is 0 Å². The van der Waals surface area contributed by atoms with Crippen molar-refractivity contribution in [1.29, 1.82) is 0 Å². The van der Waals surface area contributed by atoms with Gasteiger partial charge in [0, 0.05) is 6.42 Å². The SMILES string of the molecule is CCCCCCCCCC/C=C\CCCCCCCCCCCCCCCCCCCCCCCC(=O)NC(COC1OC(CO)C(OC2OC(CO)C(O)C(O)C2O)C(O)C1O)C(O)/C=C/CCCCCCCCCCCCCCCCCCCC. The Kier molecular flexibility index (Phi) is 54.7. The average molecular weight is 1240 g/mol. The van der Waals surface area contributed by atoms with Gasteiger partial charge >= 0.3 is 0 Å². The first-order chi connectivity index (χ1) is 42.6. The highest BCUT2D eigenvalue weighted by Crippen LogP contribution is 2.30. The van der Waals surface area contributed by atoms with Gasteiger partial charge in [-0.1, -0.05) is 314 Å². The van der Waals surface area contributed by atoms with Crippen molar-refractivity contribution in [3.8, 4) is 0 Å². The summed E-state index contributed by atoms with van der Waals surface area (Å²) in [6.07, 6.45) is 56.8. The lowest BCUT2D eigenvalue weighted by molar-refractivity contribution is -0.359. The molecule has 2 aliphatic heterocycles. The number of unbranched alkanes of at least 4 members (excludes halogenated alkanes) is 47. The molecule has 12 atom stereocenters. The third kappa shape index (κ3) is 42.4. The van der Waals surface area contributed by atoms with Crippen LogP contribution in [0, 0.1) is 0 Å². The fourth-order valence-corrected chi connectivity index (χ4v) is 12.5. The van der Waals surface area contributed by atoms with Crippen LogP contribution in [0.2, 0.25) is 0 Å². The van der Waals surface area contributed by atoms with Gasteiger partial charge in [-0.05, 0) is 44.9 Å². The summed E-state index contributed by atoms with van der Waals surface area (Å²) >= 11 is 0. The summed E-state index contributed by atoms with van der Waals surface area (Å²) < 4.78 is 22.9. The second-order valence-corrected chi connectivity index (χ2v) is 26.4. The number of hydrogen-bond donors (Lipinski definition) is 9. The molecule has 12 unspecified atom stereocenters. The predicted octanol–water partition coefficient (Wildman–Crippen LogP) is 15.5. The van der Waals surface area contributed by atoms with Gasteiger partial charge in [0.05, 0.1) is 32.0 Å². The molecule has 14 heteroatoms. The molecule has 0 aromatic heterocycles. The van der Waals surface area contributed by atoms with Crippen LogP contribution in [0.4, 0.5) is 0 Å². The highest BCUT2D eigenvalue weighted by atomic mass is 16.7. The van der Waals surface area contributed by atoms with E-state index in [9.17, 15) is 45.6 Å². The summed E-state index contributed by atoms with van der Waals surface area (Å²) in [6, 6.07) is -0.913. The molecule has 87 heavy (non-hydrogen) atoms. The molecule has 2 saturated heterocycles. The minimum Gasteiger partial charge on any atom is -0.394 e. The maximum absolute atomic E-state index is 13.3. The summed E-state index contributed by atoms with van der Waals surface area (Å²) in [6.45, 7) is 2.85. The Morgan fingerprint density at radius 2 is 0.724 bits per heavy atom. The minimum atomic E-state index is -1.79. The van der Waals surface area contributed by atoms with Crippen LogP contribution < -0.4 is 5.32 Å². The van der Waals surface area contributed by atoms with Crippen molar-refractivity contribution in [1.82, 2.24) is 5.32 Å². The van der Waals surface area contributed by atoms with Crippen LogP contribution in [-0.2, 0) is 23.7 Å². The summed E-state index contributed by atoms with van der Waals surface area (Å²) in [4.78, 5) is 13.3. The van der Waals surface area contributed by atoms with Crippen LogP contribution in [0.15, 0.2) is 24.3 Å². The number of ether oxygens (including phenoxy) is 4. The number of aliphatic hydroxyl groups is 8. The zero-order chi connectivity index (χ0) is 63.1. The summed E-state index contributed by atoms with van der Waals surface area (Å²) in [5.41, 5.74) is 0. The van der Waals surface area contributed by atoms with E-state index < -0.39 is 86.8 Å². The van der Waals surface area contributed by atoms with Gasteiger partial charge in [0.1, 0.15) is 48.8 Å². The second-order valence-electron chi connectivity index (χ2n) is 26.4. The number of amides is 1. The van der Waals surface area contributed by atoms with E-state index in [4.69, 9.17) is 18.9 Å². The van der Waals surface area contributed by atoms with Crippen molar-refractivity contribution in [2.75, 3.05) is 19.8 Å². The summed E-state index contributed by atoms with van der Waals surface area (Å²) in [5, 5.41) is 87.5. The minimum absolute atomic E-state index is 0.231. The lowest BCUT2D eigenvalue weighted by Gasteiger charge is -2.46. The van der Waals surface area contributed by atoms with E-state index in [0.29, 0.717) is 6.42 Å². The smallest absolute Gasteiger partial charge is 0.220 e. The van der Waals surface area contributed by atoms with Gasteiger partial charge < -0.3 is 65.1 Å². The van der Waals surface area contributed by atoms with E-state index in [0.717, 1.165) is 38.5 Å². The Labute approximate surface area is 532 Å². The molecule has 1 amide bonds. The third-order valence-electron chi connectivity index (χ3n) is 18.4. The van der Waals surface area contributed by atoms with Crippen molar-refractivity contribution >= 4 is 5.91 Å². The van der Waals surface area contributed by atoms with Gasteiger partial charge in [-0.2, -0.15) is 0 Å². The number of allylic oxidation sites excluding steroid dienone is 3. The molecular formula is C73H139NO13. The molecule has 0 aromatic carbocycles. The molecule has 0 bridgehead atoms. The molecule has 514 valence electrons. The van der Waals surface area contributed by atoms with Crippen molar-refractivity contribution in [3.63, 3.8) is 0 Å². The van der Waals surface area contributed by atoms with Gasteiger partial charge in [-0.25, -0.2) is 0 Å². The molecule has 0 spiro atoms. The first-order valence-corrected chi connectivity index (χ1v) is 37.1. The molecule has 9 N–H and O–H groups in total. The van der Waals surface area contributed by atoms with Crippen LogP contribution in [0.3, 0.4) is 0 Å². The van der Waals surface area contributed by atoms with Gasteiger partial charge in [-0.15, -0.1) is 0 Å². The van der Waals surface area contributed by atoms with E-state index in [-0.39, 0.29) is 18.9 Å². The quantitative estimate of drug-likeness (QED) is 0.0204. The van der Waals surface area contributed by atoms with Crippen LogP contribution in [0.25, 0.3) is 0 Å². The first kappa shape index (κ1) is 81.6. The van der Waals surface area contributed by atoms with Crippen LogP contribution in [-0.4, -0.2) is 140 Å². The van der Waals surface area contributed by atoms with E-state index in [2.05, 4.69) is 31.3 Å². The van der Waals surface area contributed by atoms with E-state index in [1.54, 1.807) is 6.08 Å². The average Bonchev–Trinajstić information content (AvgIpc) is 2.59. The molecule has 2 fully saturated rings. The largest absolute Gasteiger partial charge is 0.394 e. The van der Waals surface area contributed by atoms with E-state index in [1.807, 2.05) is 6.08 Å². The number of nitrogens with one attached hydrogen (secondary N) is 1. The molecule has 14 nitrogen and oxygen atoms in total. The Morgan fingerprint density at radius 1 is 0.402 bits per heavy atom. The maximum atomic E-state index is 13.3. The second kappa shape index (κ2) is 58.3. The number of carbonyl (C=O) groups excluding carboxylic acids is 1. The fourth-order valence-electron chi connectivity index (χ4n) is 12.5. The lowest BCUT2D eigenvalue weighted by Crippen LogP contribution is -2.65. The Bertz CT molecular complexity index is 1550. The molecular weight excluding hydrogens is 1100 g/mol. The fraction of sp³-hybridized carbons (Fsp3) is 0.932. The highest BCUT2D eigenvalue weighted by Gasteiger charge is 2.51. The molecule has 2 aliphatic rings. The van der Waals surface area contributed by atoms with Crippen molar-refractivity contribution < 1.29 is 64.6 Å². The van der Waals surface area contributed by atoms with Gasteiger partial charge in [0.25, 0.3) is 0 Å². The van der Waals surface area contributed by atoms with Crippen molar-refractivity contribution in [2.45, 2.75) is 415 Å². The number of carbonyl (C=O) groups is 1. The topological polar surface area (TPSA) is 228 Å². The molecule has 2 heterocycles. The Balaban J connectivity index is 1.62. The Morgan fingerprint density at radius 3 is 1.09 bits per heavy atom. The molecule has 0 aliphatic carbocycles. The predicted molar refractivity (Wildman–Crippen MR) is 355 cm³/mol. The maximum Gasteiger partial charge on any atom is 0.220 e. The van der Waals surface area contributed by atoms with Crippen LogP contribution >= 0.6 is 0 Å². The lowest BCUT2D eigenvalue weighted by atomic mass is 9.97. The van der Waals surface area contributed by atoms with E-state index in [1.165, 1.54) is 276 Å². The highest BCUT2D eigenvalue weighted by molar-refractivity contribution is 5.76. The standard InChI is InChI=1S/C73H139NO13/c1-3-5-7-9-11-13-15-17-19-21-23-25-26-27-28-29-30-31-32-33-34-35-36-37-39-41-43-45-47-49-51-53-55-57-65(78)74-61(62(77)56-54-52-50-48-46-44-42-40-38-24-22-20-18-16-14-12-10-8-6-4-2)60-84-72-70(83)68(81)71(64(59-76)86-72)87-73-69(82)67(80)66(79)63(58-75)85-73/h21,23,54,56,61-64,66-73,75-77,79-83H,3-20,22,24-53,55,57-60H2,1-2H3,(H,74,78)/b23-21-,56-54+. The monoisotopic (exact) mass is 1240 g/mol. The molecule has 0 radical (unpaired) electrons. The summed E-state index contributed by atoms with van der Waals surface area (Å²) in [5.74, 6) is -0.231. The van der Waals surface area contributed by atoms with Crippen molar-refractivity contribution in [3.05, 3.63) is 24.3 Å². The van der Waals surface area contributed by atoms with Gasteiger partial charge in [0.15, 0.2) is 12.6 Å². The Hall–Kier alpha value is -1.53. The van der Waals surface area contributed by atoms with Gasteiger partial charge in [-0.3, -0.25) is 4.79 Å². The number of rotatable bonds is 62. The normalized spacial score (nSPS) is 23.3. The molecule has 0 aromatic rings. The van der Waals surface area contributed by atoms with Gasteiger partial charge in [0.2, 0.25) is 5.91 Å². The van der Waals surface area contributed by atoms with Crippen molar-refractivity contribution in [2.24, 2.45) is 0 Å². The van der Waals surface area contributed by atoms with Crippen LogP contribution in [0.1, 0.15) is 341 Å². The zero-order valence-electron chi connectivity index (χ0n) is 56.0.